The standard InChI is InChI=1S/C20H26N2O4S2/c1-16-3-7-19(8-4-16)27(23,24)21-15-18-11-13-22(14-12-18)28(25,26)20-9-5-17(2)6-10-20/h3-10,18,21H,11-15H2,1-2H3. The molecule has 0 spiro atoms. The molecule has 0 aromatic heterocycles. The summed E-state index contributed by atoms with van der Waals surface area (Å²) in [5, 5.41) is 0. The van der Waals surface area contributed by atoms with Crippen molar-refractivity contribution in [3.05, 3.63) is 59.7 Å². The molecule has 152 valence electrons. The van der Waals surface area contributed by atoms with Gasteiger partial charge in [-0.1, -0.05) is 35.4 Å². The molecule has 1 aliphatic rings. The summed E-state index contributed by atoms with van der Waals surface area (Å²) in [6, 6.07) is 13.6. The van der Waals surface area contributed by atoms with Gasteiger partial charge in [-0.2, -0.15) is 4.31 Å². The average molecular weight is 423 g/mol. The van der Waals surface area contributed by atoms with Gasteiger partial charge in [0, 0.05) is 19.6 Å². The zero-order valence-electron chi connectivity index (χ0n) is 16.1. The first-order chi connectivity index (χ1) is 13.2. The summed E-state index contributed by atoms with van der Waals surface area (Å²) in [5.74, 6) is 0.115. The maximum atomic E-state index is 12.7. The Morgan fingerprint density at radius 1 is 0.821 bits per heavy atom. The lowest BCUT2D eigenvalue weighted by atomic mass is 9.99. The molecule has 0 amide bonds. The van der Waals surface area contributed by atoms with E-state index >= 15 is 0 Å². The highest BCUT2D eigenvalue weighted by molar-refractivity contribution is 7.89. The number of sulfonamides is 2. The zero-order valence-corrected chi connectivity index (χ0v) is 17.8. The molecule has 1 heterocycles. The molecule has 3 rings (SSSR count). The molecule has 0 radical (unpaired) electrons. The number of hydrogen-bond donors (Lipinski definition) is 1. The maximum absolute atomic E-state index is 12.7. The molecule has 1 fully saturated rings. The predicted molar refractivity (Wildman–Crippen MR) is 109 cm³/mol. The van der Waals surface area contributed by atoms with Crippen molar-refractivity contribution in [2.24, 2.45) is 5.92 Å². The molecule has 8 heteroatoms. The van der Waals surface area contributed by atoms with E-state index in [9.17, 15) is 16.8 Å². The van der Waals surface area contributed by atoms with Gasteiger partial charge in [-0.25, -0.2) is 21.6 Å². The number of aryl methyl sites for hydroxylation is 2. The second kappa shape index (κ2) is 8.32. The van der Waals surface area contributed by atoms with Gasteiger partial charge in [0.15, 0.2) is 0 Å². The first-order valence-electron chi connectivity index (χ1n) is 9.32. The molecule has 1 N–H and O–H groups in total. The quantitative estimate of drug-likeness (QED) is 0.776. The fourth-order valence-electron chi connectivity index (χ4n) is 3.24. The highest BCUT2D eigenvalue weighted by Gasteiger charge is 2.29. The fourth-order valence-corrected chi connectivity index (χ4v) is 5.83. The van der Waals surface area contributed by atoms with Crippen LogP contribution in [0.25, 0.3) is 0 Å². The molecular weight excluding hydrogens is 396 g/mol. The third kappa shape index (κ3) is 4.81. The summed E-state index contributed by atoms with van der Waals surface area (Å²) >= 11 is 0. The molecule has 0 unspecified atom stereocenters. The van der Waals surface area contributed by atoms with Crippen LogP contribution < -0.4 is 4.72 Å². The molecule has 1 saturated heterocycles. The third-order valence-corrected chi connectivity index (χ3v) is 8.48. The summed E-state index contributed by atoms with van der Waals surface area (Å²) in [7, 11) is -7.05. The maximum Gasteiger partial charge on any atom is 0.243 e. The lowest BCUT2D eigenvalue weighted by molar-refractivity contribution is 0.274. The van der Waals surface area contributed by atoms with E-state index in [1.165, 1.54) is 4.31 Å². The SMILES string of the molecule is Cc1ccc(S(=O)(=O)NCC2CCN(S(=O)(=O)c3ccc(C)cc3)CC2)cc1. The minimum absolute atomic E-state index is 0.115. The predicted octanol–water partition coefficient (Wildman–Crippen LogP) is 2.68. The Bertz CT molecular complexity index is 1010. The van der Waals surface area contributed by atoms with Crippen LogP contribution in [0.3, 0.4) is 0 Å². The third-order valence-electron chi connectivity index (χ3n) is 5.13. The van der Waals surface area contributed by atoms with Gasteiger partial charge in [0.05, 0.1) is 9.79 Å². The van der Waals surface area contributed by atoms with Crippen LogP contribution >= 0.6 is 0 Å². The first kappa shape index (κ1) is 21.0. The molecule has 6 nitrogen and oxygen atoms in total. The van der Waals surface area contributed by atoms with Crippen LogP contribution in [0.5, 0.6) is 0 Å². The summed E-state index contributed by atoms with van der Waals surface area (Å²) in [4.78, 5) is 0.550. The number of rotatable bonds is 6. The summed E-state index contributed by atoms with van der Waals surface area (Å²) in [5.41, 5.74) is 2.01. The van der Waals surface area contributed by atoms with Crippen molar-refractivity contribution in [3.8, 4) is 0 Å². The molecular formula is C20H26N2O4S2. The molecule has 0 saturated carbocycles. The topological polar surface area (TPSA) is 83.6 Å². The van der Waals surface area contributed by atoms with Crippen LogP contribution in [0.1, 0.15) is 24.0 Å². The summed E-state index contributed by atoms with van der Waals surface area (Å²) < 4.78 is 54.5. The highest BCUT2D eigenvalue weighted by atomic mass is 32.2. The molecule has 2 aromatic rings. The highest BCUT2D eigenvalue weighted by Crippen LogP contribution is 2.24. The molecule has 1 aliphatic heterocycles. The molecule has 0 atom stereocenters. The average Bonchev–Trinajstić information content (AvgIpc) is 2.67. The van der Waals surface area contributed by atoms with Crippen LogP contribution in [0, 0.1) is 19.8 Å². The van der Waals surface area contributed by atoms with Crippen molar-refractivity contribution >= 4 is 20.0 Å². The smallest absolute Gasteiger partial charge is 0.211 e. The van der Waals surface area contributed by atoms with Crippen LogP contribution in [0.4, 0.5) is 0 Å². The van der Waals surface area contributed by atoms with Gasteiger partial charge >= 0.3 is 0 Å². The van der Waals surface area contributed by atoms with Gasteiger partial charge in [0.2, 0.25) is 20.0 Å². The van der Waals surface area contributed by atoms with Crippen molar-refractivity contribution < 1.29 is 16.8 Å². The normalized spacial score (nSPS) is 16.9. The second-order valence-electron chi connectivity index (χ2n) is 7.33. The Balaban J connectivity index is 1.57. The Morgan fingerprint density at radius 2 is 1.29 bits per heavy atom. The number of benzene rings is 2. The van der Waals surface area contributed by atoms with Crippen LogP contribution in [0.2, 0.25) is 0 Å². The Labute approximate surface area is 167 Å². The van der Waals surface area contributed by atoms with Gasteiger partial charge in [0.1, 0.15) is 0 Å². The first-order valence-corrected chi connectivity index (χ1v) is 12.2. The van der Waals surface area contributed by atoms with E-state index < -0.39 is 20.0 Å². The van der Waals surface area contributed by atoms with Crippen LogP contribution in [0.15, 0.2) is 58.3 Å². The molecule has 28 heavy (non-hydrogen) atoms. The van der Waals surface area contributed by atoms with Crippen molar-refractivity contribution in [3.63, 3.8) is 0 Å². The lowest BCUT2D eigenvalue weighted by Crippen LogP contribution is -2.41. The second-order valence-corrected chi connectivity index (χ2v) is 11.0. The van der Waals surface area contributed by atoms with Crippen molar-refractivity contribution in [1.29, 1.82) is 0 Å². The van der Waals surface area contributed by atoms with E-state index in [0.717, 1.165) is 11.1 Å². The van der Waals surface area contributed by atoms with Crippen molar-refractivity contribution in [2.45, 2.75) is 36.5 Å². The van der Waals surface area contributed by atoms with Crippen molar-refractivity contribution in [2.75, 3.05) is 19.6 Å². The van der Waals surface area contributed by atoms with Gasteiger partial charge < -0.3 is 0 Å². The monoisotopic (exact) mass is 422 g/mol. The van der Waals surface area contributed by atoms with Gasteiger partial charge in [-0.05, 0) is 56.9 Å². The van der Waals surface area contributed by atoms with E-state index in [0.29, 0.717) is 37.4 Å². The summed E-state index contributed by atoms with van der Waals surface area (Å²) in [6.07, 6.45) is 1.25. The van der Waals surface area contributed by atoms with E-state index in [2.05, 4.69) is 4.72 Å². The van der Waals surface area contributed by atoms with E-state index in [1.54, 1.807) is 48.5 Å². The summed E-state index contributed by atoms with van der Waals surface area (Å²) in [6.45, 7) is 4.93. The number of nitrogens with one attached hydrogen (secondary N) is 1. The Kier molecular flexibility index (Phi) is 6.24. The molecule has 2 aromatic carbocycles. The Hall–Kier alpha value is -1.74. The largest absolute Gasteiger partial charge is 0.243 e. The number of nitrogens with zero attached hydrogens (tertiary/aromatic N) is 1. The van der Waals surface area contributed by atoms with E-state index in [1.807, 2.05) is 13.8 Å². The van der Waals surface area contributed by atoms with Crippen molar-refractivity contribution in [1.82, 2.24) is 9.03 Å². The minimum Gasteiger partial charge on any atom is -0.211 e. The fraction of sp³-hybridized carbons (Fsp3) is 0.400. The number of hydrogen-bond acceptors (Lipinski definition) is 4. The van der Waals surface area contributed by atoms with E-state index in [-0.39, 0.29) is 10.8 Å². The van der Waals surface area contributed by atoms with E-state index in [4.69, 9.17) is 0 Å². The van der Waals surface area contributed by atoms with Gasteiger partial charge in [-0.3, -0.25) is 0 Å². The van der Waals surface area contributed by atoms with Gasteiger partial charge in [-0.15, -0.1) is 0 Å². The number of piperidine rings is 1. The zero-order chi connectivity index (χ0) is 20.4. The van der Waals surface area contributed by atoms with Crippen LogP contribution in [-0.2, 0) is 20.0 Å². The lowest BCUT2D eigenvalue weighted by Gasteiger charge is -2.31. The van der Waals surface area contributed by atoms with Crippen LogP contribution in [-0.4, -0.2) is 40.8 Å². The minimum atomic E-state index is -3.55. The molecule has 0 aliphatic carbocycles. The van der Waals surface area contributed by atoms with Gasteiger partial charge in [0.25, 0.3) is 0 Å². The molecule has 0 bridgehead atoms. The Morgan fingerprint density at radius 3 is 1.79 bits per heavy atom.